The zero-order valence-corrected chi connectivity index (χ0v) is 15.5. The molecule has 2 aliphatic rings. The summed E-state index contributed by atoms with van der Waals surface area (Å²) in [5.41, 5.74) is 1.63. The predicted molar refractivity (Wildman–Crippen MR) is 98.8 cm³/mol. The number of aliphatic imine (C=N–C) groups is 1. The van der Waals surface area contributed by atoms with E-state index in [0.717, 1.165) is 45.2 Å². The summed E-state index contributed by atoms with van der Waals surface area (Å²) in [7, 11) is 1.86. The first-order valence-corrected chi connectivity index (χ1v) is 7.74. The summed E-state index contributed by atoms with van der Waals surface area (Å²) in [6.07, 6.45) is 7.11. The van der Waals surface area contributed by atoms with Gasteiger partial charge in [0.05, 0.1) is 6.61 Å². The SMILES string of the molecule is CN=C(NCCc1cccnc1)N1CCC2(CCOC2)C1.I. The lowest BCUT2D eigenvalue weighted by molar-refractivity contribution is 0.156. The molecule has 1 spiro atoms. The molecule has 0 aliphatic carbocycles. The van der Waals surface area contributed by atoms with Gasteiger partial charge in [0.2, 0.25) is 0 Å². The van der Waals surface area contributed by atoms with E-state index in [9.17, 15) is 0 Å². The summed E-state index contributed by atoms with van der Waals surface area (Å²) in [4.78, 5) is 10.9. The van der Waals surface area contributed by atoms with Crippen molar-refractivity contribution in [2.45, 2.75) is 19.3 Å². The summed E-state index contributed by atoms with van der Waals surface area (Å²) in [5.74, 6) is 1.02. The van der Waals surface area contributed by atoms with E-state index in [1.165, 1.54) is 18.4 Å². The summed E-state index contributed by atoms with van der Waals surface area (Å²) in [6.45, 7) is 4.87. The molecule has 1 atom stereocenters. The van der Waals surface area contributed by atoms with Crippen LogP contribution in [0.1, 0.15) is 18.4 Å². The van der Waals surface area contributed by atoms with Crippen molar-refractivity contribution in [2.24, 2.45) is 10.4 Å². The lowest BCUT2D eigenvalue weighted by Gasteiger charge is -2.24. The van der Waals surface area contributed by atoms with E-state index in [2.05, 4.69) is 26.3 Å². The van der Waals surface area contributed by atoms with Gasteiger partial charge in [0, 0.05) is 51.1 Å². The molecule has 2 saturated heterocycles. The largest absolute Gasteiger partial charge is 0.381 e. The van der Waals surface area contributed by atoms with Crippen LogP contribution in [0.4, 0.5) is 0 Å². The Kier molecular flexibility index (Phi) is 6.43. The van der Waals surface area contributed by atoms with Crippen molar-refractivity contribution in [1.82, 2.24) is 15.2 Å². The third-order valence-electron chi connectivity index (χ3n) is 4.55. The Labute approximate surface area is 149 Å². The van der Waals surface area contributed by atoms with Crippen LogP contribution in [0.3, 0.4) is 0 Å². The molecule has 6 heteroatoms. The Morgan fingerprint density at radius 3 is 3.09 bits per heavy atom. The molecular weight excluding hydrogens is 391 g/mol. The lowest BCUT2D eigenvalue weighted by Crippen LogP contribution is -2.42. The summed E-state index contributed by atoms with van der Waals surface area (Å²) in [5, 5.41) is 3.47. The Balaban J connectivity index is 0.00000176. The molecule has 1 unspecified atom stereocenters. The molecule has 2 aliphatic heterocycles. The van der Waals surface area contributed by atoms with E-state index in [0.29, 0.717) is 5.41 Å². The fraction of sp³-hybridized carbons (Fsp3) is 0.625. The molecule has 0 saturated carbocycles. The van der Waals surface area contributed by atoms with Crippen molar-refractivity contribution >= 4 is 29.9 Å². The number of guanidine groups is 1. The van der Waals surface area contributed by atoms with Crippen LogP contribution in [0.15, 0.2) is 29.5 Å². The van der Waals surface area contributed by atoms with Crippen molar-refractivity contribution in [1.29, 1.82) is 0 Å². The molecule has 3 rings (SSSR count). The van der Waals surface area contributed by atoms with E-state index in [1.54, 1.807) is 0 Å². The van der Waals surface area contributed by atoms with Crippen LogP contribution in [0, 0.1) is 5.41 Å². The summed E-state index contributed by atoms with van der Waals surface area (Å²) >= 11 is 0. The molecule has 122 valence electrons. The zero-order chi connectivity index (χ0) is 14.5. The van der Waals surface area contributed by atoms with Crippen LogP contribution in [-0.4, -0.2) is 55.7 Å². The van der Waals surface area contributed by atoms with Gasteiger partial charge >= 0.3 is 0 Å². The number of halogens is 1. The maximum absolute atomic E-state index is 5.59. The summed E-state index contributed by atoms with van der Waals surface area (Å²) < 4.78 is 5.59. The monoisotopic (exact) mass is 416 g/mol. The van der Waals surface area contributed by atoms with E-state index < -0.39 is 0 Å². The van der Waals surface area contributed by atoms with Gasteiger partial charge in [-0.05, 0) is 30.9 Å². The minimum atomic E-state index is 0. The fourth-order valence-corrected chi connectivity index (χ4v) is 3.28. The molecule has 1 aromatic heterocycles. The van der Waals surface area contributed by atoms with Gasteiger partial charge < -0.3 is 15.0 Å². The highest BCUT2D eigenvalue weighted by atomic mass is 127. The first kappa shape index (κ1) is 17.5. The third kappa shape index (κ3) is 4.10. The van der Waals surface area contributed by atoms with Gasteiger partial charge in [-0.25, -0.2) is 0 Å². The molecule has 22 heavy (non-hydrogen) atoms. The van der Waals surface area contributed by atoms with Gasteiger partial charge in [-0.2, -0.15) is 0 Å². The van der Waals surface area contributed by atoms with E-state index in [-0.39, 0.29) is 24.0 Å². The maximum Gasteiger partial charge on any atom is 0.193 e. The van der Waals surface area contributed by atoms with Crippen LogP contribution < -0.4 is 5.32 Å². The van der Waals surface area contributed by atoms with Gasteiger partial charge in [0.1, 0.15) is 0 Å². The van der Waals surface area contributed by atoms with Gasteiger partial charge in [-0.1, -0.05) is 6.07 Å². The van der Waals surface area contributed by atoms with Crippen molar-refractivity contribution in [2.75, 3.05) is 39.9 Å². The number of ether oxygens (including phenoxy) is 1. The van der Waals surface area contributed by atoms with Crippen LogP contribution in [-0.2, 0) is 11.2 Å². The standard InChI is InChI=1S/C16H24N4O.HI/c1-17-15(19-8-4-14-3-2-7-18-11-14)20-9-5-16(12-20)6-10-21-13-16;/h2-3,7,11H,4-6,8-10,12-13H2,1H3,(H,17,19);1H. The molecule has 0 bridgehead atoms. The number of nitrogens with zero attached hydrogens (tertiary/aromatic N) is 3. The highest BCUT2D eigenvalue weighted by molar-refractivity contribution is 14.0. The molecule has 2 fully saturated rings. The Morgan fingerprint density at radius 1 is 1.50 bits per heavy atom. The second kappa shape index (κ2) is 8.10. The quantitative estimate of drug-likeness (QED) is 0.465. The first-order valence-electron chi connectivity index (χ1n) is 7.74. The van der Waals surface area contributed by atoms with E-state index >= 15 is 0 Å². The fourth-order valence-electron chi connectivity index (χ4n) is 3.28. The minimum Gasteiger partial charge on any atom is -0.381 e. The molecule has 3 heterocycles. The zero-order valence-electron chi connectivity index (χ0n) is 13.1. The minimum absolute atomic E-state index is 0. The highest BCUT2D eigenvalue weighted by Gasteiger charge is 2.42. The number of rotatable bonds is 3. The number of hydrogen-bond donors (Lipinski definition) is 1. The smallest absolute Gasteiger partial charge is 0.193 e. The average molecular weight is 416 g/mol. The van der Waals surface area contributed by atoms with Gasteiger partial charge in [-0.15, -0.1) is 24.0 Å². The topological polar surface area (TPSA) is 49.8 Å². The number of hydrogen-bond acceptors (Lipinski definition) is 3. The van der Waals surface area contributed by atoms with Gasteiger partial charge in [-0.3, -0.25) is 9.98 Å². The number of nitrogens with one attached hydrogen (secondary N) is 1. The highest BCUT2D eigenvalue weighted by Crippen LogP contribution is 2.38. The van der Waals surface area contributed by atoms with E-state index in [1.807, 2.05) is 25.5 Å². The Hall–Kier alpha value is -0.890. The molecule has 0 radical (unpaired) electrons. The first-order chi connectivity index (χ1) is 10.3. The van der Waals surface area contributed by atoms with Crippen LogP contribution in [0.25, 0.3) is 0 Å². The Morgan fingerprint density at radius 2 is 2.41 bits per heavy atom. The van der Waals surface area contributed by atoms with Crippen LogP contribution in [0.5, 0.6) is 0 Å². The van der Waals surface area contributed by atoms with Crippen molar-refractivity contribution in [3.63, 3.8) is 0 Å². The van der Waals surface area contributed by atoms with Crippen molar-refractivity contribution < 1.29 is 4.74 Å². The molecule has 1 aromatic rings. The number of likely N-dealkylation sites (tertiary alicyclic amines) is 1. The van der Waals surface area contributed by atoms with E-state index in [4.69, 9.17) is 4.74 Å². The number of aromatic nitrogens is 1. The number of pyridine rings is 1. The molecule has 0 aromatic carbocycles. The molecule has 5 nitrogen and oxygen atoms in total. The normalized spacial score (nSPS) is 24.6. The third-order valence-corrected chi connectivity index (χ3v) is 4.55. The average Bonchev–Trinajstić information content (AvgIpc) is 3.15. The molecule has 0 amide bonds. The molecule has 1 N–H and O–H groups in total. The summed E-state index contributed by atoms with van der Waals surface area (Å²) in [6, 6.07) is 4.09. The van der Waals surface area contributed by atoms with Crippen molar-refractivity contribution in [3.05, 3.63) is 30.1 Å². The van der Waals surface area contributed by atoms with Crippen LogP contribution in [0.2, 0.25) is 0 Å². The molecular formula is C16H25IN4O. The Bertz CT molecular complexity index is 488. The predicted octanol–water partition coefficient (Wildman–Crippen LogP) is 1.93. The van der Waals surface area contributed by atoms with Crippen molar-refractivity contribution in [3.8, 4) is 0 Å². The van der Waals surface area contributed by atoms with Gasteiger partial charge in [0.25, 0.3) is 0 Å². The second-order valence-electron chi connectivity index (χ2n) is 6.06. The van der Waals surface area contributed by atoms with Crippen LogP contribution >= 0.6 is 24.0 Å². The van der Waals surface area contributed by atoms with Gasteiger partial charge in [0.15, 0.2) is 5.96 Å². The maximum atomic E-state index is 5.59. The second-order valence-corrected chi connectivity index (χ2v) is 6.06. The lowest BCUT2D eigenvalue weighted by atomic mass is 9.87.